The number of cyclic esters (lactones) is 1. The molecule has 1 heterocycles. The Hall–Kier alpha value is -1.74. The number of benzene rings is 2. The van der Waals surface area contributed by atoms with Crippen LogP contribution in [0.5, 0.6) is 0 Å². The molecule has 1 saturated heterocycles. The highest BCUT2D eigenvalue weighted by Crippen LogP contribution is 2.40. The Balaban J connectivity index is 1.93. The molecule has 0 amide bonds. The molecule has 1 aliphatic rings. The summed E-state index contributed by atoms with van der Waals surface area (Å²) < 4.78 is 19.9. The number of hydrogen-bond donors (Lipinski definition) is 0. The first-order valence-electron chi connectivity index (χ1n) is 13.3. The van der Waals surface area contributed by atoms with Crippen LogP contribution in [0.3, 0.4) is 0 Å². The van der Waals surface area contributed by atoms with Crippen LogP contribution in [0.25, 0.3) is 0 Å². The zero-order valence-corrected chi connectivity index (χ0v) is 25.8. The summed E-state index contributed by atoms with van der Waals surface area (Å²) >= 11 is 0. The number of ether oxygens (including phenoxy) is 1. The van der Waals surface area contributed by atoms with Gasteiger partial charge in [0.25, 0.3) is 8.32 Å². The fraction of sp³-hybridized carbons (Fsp3) is 0.567. The van der Waals surface area contributed by atoms with Crippen molar-refractivity contribution in [3.63, 3.8) is 0 Å². The topological polar surface area (TPSA) is 44.8 Å². The molecule has 0 aromatic heterocycles. The van der Waals surface area contributed by atoms with Crippen LogP contribution in [0.15, 0.2) is 60.7 Å². The van der Waals surface area contributed by atoms with Gasteiger partial charge in [0.2, 0.25) is 0 Å². The summed E-state index contributed by atoms with van der Waals surface area (Å²) in [5.41, 5.74) is 0. The van der Waals surface area contributed by atoms with E-state index in [2.05, 4.69) is 115 Å². The molecule has 0 aliphatic carbocycles. The first kappa shape index (κ1) is 28.8. The molecule has 36 heavy (non-hydrogen) atoms. The highest BCUT2D eigenvalue weighted by atomic mass is 28.4. The third-order valence-corrected chi connectivity index (χ3v) is 17.6. The monoisotopic (exact) mass is 526 g/mol. The molecule has 198 valence electrons. The quantitative estimate of drug-likeness (QED) is 0.284. The fourth-order valence-electron chi connectivity index (χ4n) is 4.95. The lowest BCUT2D eigenvalue weighted by Crippen LogP contribution is -2.66. The minimum Gasteiger partial charge on any atom is -0.459 e. The minimum atomic E-state index is -2.63. The van der Waals surface area contributed by atoms with Crippen LogP contribution in [-0.2, 0) is 18.4 Å². The summed E-state index contributed by atoms with van der Waals surface area (Å²) in [4.78, 5) is 12.3. The first-order chi connectivity index (χ1) is 16.7. The lowest BCUT2D eigenvalue weighted by Gasteiger charge is -2.44. The Bertz CT molecular complexity index is 954. The van der Waals surface area contributed by atoms with E-state index >= 15 is 0 Å². The van der Waals surface area contributed by atoms with Gasteiger partial charge in [0.15, 0.2) is 8.32 Å². The third kappa shape index (κ3) is 6.04. The van der Waals surface area contributed by atoms with E-state index in [1.165, 1.54) is 10.4 Å². The van der Waals surface area contributed by atoms with E-state index in [9.17, 15) is 4.79 Å². The molecule has 4 nitrogen and oxygen atoms in total. The van der Waals surface area contributed by atoms with Gasteiger partial charge in [-0.15, -0.1) is 0 Å². The number of rotatable bonds is 9. The van der Waals surface area contributed by atoms with E-state index in [1.807, 2.05) is 6.92 Å². The van der Waals surface area contributed by atoms with E-state index in [4.69, 9.17) is 13.6 Å². The summed E-state index contributed by atoms with van der Waals surface area (Å²) in [6, 6.07) is 21.4. The molecule has 1 fully saturated rings. The molecule has 0 N–H and O–H groups in total. The average molecular weight is 527 g/mol. The molecule has 0 bridgehead atoms. The van der Waals surface area contributed by atoms with E-state index < -0.39 is 16.6 Å². The van der Waals surface area contributed by atoms with Gasteiger partial charge >= 0.3 is 5.97 Å². The first-order valence-corrected chi connectivity index (χ1v) is 18.1. The molecule has 0 saturated carbocycles. The summed E-state index contributed by atoms with van der Waals surface area (Å²) in [7, 11) is -4.71. The predicted molar refractivity (Wildman–Crippen MR) is 154 cm³/mol. The molecule has 3 atom stereocenters. The second-order valence-corrected chi connectivity index (χ2v) is 21.9. The number of esters is 1. The second kappa shape index (κ2) is 10.9. The van der Waals surface area contributed by atoms with Gasteiger partial charge in [-0.3, -0.25) is 4.79 Å². The number of carbonyl (C=O) groups is 1. The van der Waals surface area contributed by atoms with Gasteiger partial charge in [0.05, 0.1) is 12.0 Å². The zero-order chi connectivity index (χ0) is 26.8. The summed E-state index contributed by atoms with van der Waals surface area (Å²) in [6.07, 6.45) is 1.02. The standard InChI is InChI=1S/C30H46O4Si2/c1-23-22-27(33-28(23)31)26(34-35(8,9)29(2,3)4)20-21-32-36(30(5,6)7,24-16-12-10-13-17-24)25-18-14-11-15-19-25/h10-19,23,26-27H,20-22H2,1-9H3/t23-,26+,27+/m1/s1. The van der Waals surface area contributed by atoms with Crippen molar-refractivity contribution in [2.24, 2.45) is 5.92 Å². The summed E-state index contributed by atoms with van der Waals surface area (Å²) in [5, 5.41) is 2.52. The Morgan fingerprint density at radius 1 is 0.889 bits per heavy atom. The SMILES string of the molecule is C[C@@H]1C[C@@H]([C@H](CCO[Si](c2ccccc2)(c2ccccc2)C(C)(C)C)O[Si](C)(C)C(C)(C)C)OC1=O. The molecule has 2 aromatic rings. The summed E-state index contributed by atoms with van der Waals surface area (Å²) in [6.45, 7) is 20.7. The normalized spacial score (nSPS) is 20.3. The van der Waals surface area contributed by atoms with E-state index in [0.717, 1.165) is 0 Å². The van der Waals surface area contributed by atoms with Crippen molar-refractivity contribution in [2.75, 3.05) is 6.61 Å². The van der Waals surface area contributed by atoms with Gasteiger partial charge in [0.1, 0.15) is 6.10 Å². The maximum Gasteiger partial charge on any atom is 0.309 e. The Morgan fingerprint density at radius 3 is 1.78 bits per heavy atom. The van der Waals surface area contributed by atoms with Gasteiger partial charge in [-0.1, -0.05) is 109 Å². The molecule has 0 spiro atoms. The van der Waals surface area contributed by atoms with E-state index in [-0.39, 0.29) is 34.2 Å². The maximum absolute atomic E-state index is 12.3. The van der Waals surface area contributed by atoms with Gasteiger partial charge in [-0.2, -0.15) is 0 Å². The molecule has 2 aromatic carbocycles. The third-order valence-electron chi connectivity index (χ3n) is 8.06. The maximum atomic E-state index is 12.3. The van der Waals surface area contributed by atoms with Crippen molar-refractivity contribution in [1.82, 2.24) is 0 Å². The van der Waals surface area contributed by atoms with Crippen LogP contribution >= 0.6 is 0 Å². The number of carbonyl (C=O) groups excluding carboxylic acids is 1. The van der Waals surface area contributed by atoms with Crippen LogP contribution in [0.4, 0.5) is 0 Å². The van der Waals surface area contributed by atoms with Crippen molar-refractivity contribution in [3.05, 3.63) is 60.7 Å². The second-order valence-electron chi connectivity index (χ2n) is 12.8. The van der Waals surface area contributed by atoms with Gasteiger partial charge in [-0.25, -0.2) is 0 Å². The van der Waals surface area contributed by atoms with Crippen molar-refractivity contribution >= 4 is 33.0 Å². The molecule has 0 radical (unpaired) electrons. The van der Waals surface area contributed by atoms with Crippen molar-refractivity contribution < 1.29 is 18.4 Å². The van der Waals surface area contributed by atoms with Crippen LogP contribution in [0.2, 0.25) is 23.2 Å². The molecule has 0 unspecified atom stereocenters. The Morgan fingerprint density at radius 2 is 1.39 bits per heavy atom. The molecule has 3 rings (SSSR count). The Kier molecular flexibility index (Phi) is 8.76. The van der Waals surface area contributed by atoms with Crippen LogP contribution in [-0.4, -0.2) is 41.4 Å². The average Bonchev–Trinajstić information content (AvgIpc) is 3.13. The molecule has 6 heteroatoms. The predicted octanol–water partition coefficient (Wildman–Crippen LogP) is 6.30. The molecular weight excluding hydrogens is 480 g/mol. The minimum absolute atomic E-state index is 0.0678. The lowest BCUT2D eigenvalue weighted by atomic mass is 10.0. The lowest BCUT2D eigenvalue weighted by molar-refractivity contribution is -0.147. The largest absolute Gasteiger partial charge is 0.459 e. The Labute approximate surface area is 221 Å². The van der Waals surface area contributed by atoms with Crippen LogP contribution in [0.1, 0.15) is 61.3 Å². The zero-order valence-electron chi connectivity index (χ0n) is 23.8. The van der Waals surface area contributed by atoms with Crippen molar-refractivity contribution in [2.45, 2.75) is 96.7 Å². The van der Waals surface area contributed by atoms with Crippen molar-refractivity contribution in [1.29, 1.82) is 0 Å². The van der Waals surface area contributed by atoms with Crippen LogP contribution < -0.4 is 10.4 Å². The van der Waals surface area contributed by atoms with Gasteiger partial charge in [0, 0.05) is 6.61 Å². The fourth-order valence-corrected chi connectivity index (χ4v) is 10.9. The number of hydrogen-bond acceptors (Lipinski definition) is 4. The highest BCUT2D eigenvalue weighted by Gasteiger charge is 2.50. The highest BCUT2D eigenvalue weighted by molar-refractivity contribution is 6.99. The molecular formula is C30H46O4Si2. The molecule has 1 aliphatic heterocycles. The van der Waals surface area contributed by atoms with E-state index in [0.29, 0.717) is 19.4 Å². The summed E-state index contributed by atoms with van der Waals surface area (Å²) in [5.74, 6) is -0.199. The van der Waals surface area contributed by atoms with Crippen molar-refractivity contribution in [3.8, 4) is 0 Å². The smallest absolute Gasteiger partial charge is 0.309 e. The van der Waals surface area contributed by atoms with Gasteiger partial charge < -0.3 is 13.6 Å². The van der Waals surface area contributed by atoms with Gasteiger partial charge in [-0.05, 0) is 46.4 Å². The van der Waals surface area contributed by atoms with Crippen LogP contribution in [0, 0.1) is 5.92 Å². The van der Waals surface area contributed by atoms with E-state index in [1.54, 1.807) is 0 Å².